The van der Waals surface area contributed by atoms with Gasteiger partial charge in [0, 0.05) is 16.7 Å². The van der Waals surface area contributed by atoms with E-state index in [0.717, 1.165) is 16.2 Å². The summed E-state index contributed by atoms with van der Waals surface area (Å²) in [5, 5.41) is 0. The van der Waals surface area contributed by atoms with E-state index in [1.165, 1.54) is 0 Å². The highest BCUT2D eigenvalue weighted by molar-refractivity contribution is 7.98. The lowest BCUT2D eigenvalue weighted by atomic mass is 10.3. The van der Waals surface area contributed by atoms with Crippen LogP contribution in [0.3, 0.4) is 0 Å². The first-order valence-electron chi connectivity index (χ1n) is 5.26. The number of thioether (sulfide) groups is 1. The first-order chi connectivity index (χ1) is 8.31. The van der Waals surface area contributed by atoms with Gasteiger partial charge >= 0.3 is 0 Å². The molecule has 2 rings (SSSR count). The van der Waals surface area contributed by atoms with Gasteiger partial charge in [0.1, 0.15) is 18.2 Å². The van der Waals surface area contributed by atoms with Gasteiger partial charge in [-0.25, -0.2) is 4.98 Å². The number of para-hydroxylation sites is 1. The smallest absolute Gasteiger partial charge is 0.133 e. The second-order valence-electron chi connectivity index (χ2n) is 3.49. The molecule has 0 aliphatic rings. The topological polar surface area (TPSA) is 48.1 Å². The molecule has 0 spiro atoms. The van der Waals surface area contributed by atoms with Crippen LogP contribution in [0.25, 0.3) is 0 Å². The maximum atomic E-state index is 5.76. The van der Waals surface area contributed by atoms with Crippen molar-refractivity contribution in [2.45, 2.75) is 11.5 Å². The van der Waals surface area contributed by atoms with E-state index in [2.05, 4.69) is 4.98 Å². The van der Waals surface area contributed by atoms with E-state index in [1.54, 1.807) is 18.0 Å². The van der Waals surface area contributed by atoms with Crippen molar-refractivity contribution >= 4 is 17.6 Å². The van der Waals surface area contributed by atoms with Crippen molar-refractivity contribution in [3.63, 3.8) is 0 Å². The van der Waals surface area contributed by atoms with Crippen molar-refractivity contribution < 1.29 is 4.74 Å². The van der Waals surface area contributed by atoms with Crippen LogP contribution in [0.15, 0.2) is 47.5 Å². The van der Waals surface area contributed by atoms with E-state index in [4.69, 9.17) is 10.5 Å². The van der Waals surface area contributed by atoms with Gasteiger partial charge in [-0.1, -0.05) is 18.2 Å². The summed E-state index contributed by atoms with van der Waals surface area (Å²) in [4.78, 5) is 5.15. The van der Waals surface area contributed by atoms with Crippen molar-refractivity contribution in [3.8, 4) is 5.75 Å². The Morgan fingerprint density at radius 1 is 1.24 bits per heavy atom. The number of anilines is 1. The number of nitrogens with zero attached hydrogens (tertiary/aromatic N) is 1. The van der Waals surface area contributed by atoms with Gasteiger partial charge in [-0.2, -0.15) is 0 Å². The fourth-order valence-electron chi connectivity index (χ4n) is 1.47. The van der Waals surface area contributed by atoms with Crippen LogP contribution in [0.4, 0.5) is 5.82 Å². The molecule has 1 heterocycles. The largest absolute Gasteiger partial charge is 0.488 e. The Kier molecular flexibility index (Phi) is 3.88. The lowest BCUT2D eigenvalue weighted by Crippen LogP contribution is -2.02. The molecule has 17 heavy (non-hydrogen) atoms. The van der Waals surface area contributed by atoms with Crippen molar-refractivity contribution in [2.24, 2.45) is 0 Å². The molecule has 0 fully saturated rings. The van der Waals surface area contributed by atoms with Crippen LogP contribution >= 0.6 is 11.8 Å². The van der Waals surface area contributed by atoms with Crippen LogP contribution in [-0.4, -0.2) is 11.2 Å². The third-order valence-electron chi connectivity index (χ3n) is 2.38. The molecule has 1 aromatic carbocycles. The van der Waals surface area contributed by atoms with Crippen LogP contribution in [0.2, 0.25) is 0 Å². The minimum absolute atomic E-state index is 0.442. The number of hydrogen-bond acceptors (Lipinski definition) is 4. The van der Waals surface area contributed by atoms with Gasteiger partial charge in [-0.05, 0) is 24.5 Å². The summed E-state index contributed by atoms with van der Waals surface area (Å²) in [7, 11) is 0. The third kappa shape index (κ3) is 2.91. The second-order valence-corrected chi connectivity index (χ2v) is 4.34. The summed E-state index contributed by atoms with van der Waals surface area (Å²) in [5.41, 5.74) is 6.66. The predicted molar refractivity (Wildman–Crippen MR) is 71.2 cm³/mol. The first kappa shape index (κ1) is 11.8. The molecule has 1 aromatic heterocycles. The SMILES string of the molecule is CSc1ccccc1OCc1cccnc1N. The van der Waals surface area contributed by atoms with Gasteiger partial charge in [-0.3, -0.25) is 0 Å². The fourth-order valence-corrected chi connectivity index (χ4v) is 2.01. The highest BCUT2D eigenvalue weighted by atomic mass is 32.2. The highest BCUT2D eigenvalue weighted by Gasteiger charge is 2.04. The molecule has 0 atom stereocenters. The molecule has 2 N–H and O–H groups in total. The summed E-state index contributed by atoms with van der Waals surface area (Å²) >= 11 is 1.66. The summed E-state index contributed by atoms with van der Waals surface area (Å²) in [5.74, 6) is 1.40. The maximum Gasteiger partial charge on any atom is 0.133 e. The minimum atomic E-state index is 0.442. The molecule has 0 saturated carbocycles. The molecule has 3 nitrogen and oxygen atoms in total. The Bertz CT molecular complexity index is 502. The lowest BCUT2D eigenvalue weighted by molar-refractivity contribution is 0.299. The van der Waals surface area contributed by atoms with Crippen LogP contribution in [0.1, 0.15) is 5.56 Å². The summed E-state index contributed by atoms with van der Waals surface area (Å²) in [6.07, 6.45) is 3.70. The summed E-state index contributed by atoms with van der Waals surface area (Å²) in [6.45, 7) is 0.442. The highest BCUT2D eigenvalue weighted by Crippen LogP contribution is 2.27. The Labute approximate surface area is 105 Å². The van der Waals surface area contributed by atoms with E-state index in [1.807, 2.05) is 42.7 Å². The number of aromatic nitrogens is 1. The van der Waals surface area contributed by atoms with Crippen LogP contribution in [-0.2, 0) is 6.61 Å². The van der Waals surface area contributed by atoms with Crippen LogP contribution in [0.5, 0.6) is 5.75 Å². The Balaban J connectivity index is 2.10. The van der Waals surface area contributed by atoms with Gasteiger partial charge in [0.05, 0.1) is 0 Å². The van der Waals surface area contributed by atoms with E-state index < -0.39 is 0 Å². The quantitative estimate of drug-likeness (QED) is 0.843. The van der Waals surface area contributed by atoms with Gasteiger partial charge < -0.3 is 10.5 Å². The molecule has 88 valence electrons. The zero-order valence-electron chi connectivity index (χ0n) is 9.59. The Hall–Kier alpha value is -1.68. The number of hydrogen-bond donors (Lipinski definition) is 1. The van der Waals surface area contributed by atoms with E-state index in [9.17, 15) is 0 Å². The number of nitrogens with two attached hydrogens (primary N) is 1. The average molecular weight is 246 g/mol. The monoisotopic (exact) mass is 246 g/mol. The second kappa shape index (κ2) is 5.59. The summed E-state index contributed by atoms with van der Waals surface area (Å²) < 4.78 is 5.75. The van der Waals surface area contributed by atoms with E-state index in [0.29, 0.717) is 12.4 Å². The molecule has 0 bridgehead atoms. The fraction of sp³-hybridized carbons (Fsp3) is 0.154. The number of benzene rings is 1. The average Bonchev–Trinajstić information content (AvgIpc) is 2.38. The van der Waals surface area contributed by atoms with Gasteiger partial charge in [0.25, 0.3) is 0 Å². The molecular formula is C13H14N2OS. The zero-order chi connectivity index (χ0) is 12.1. The molecule has 0 unspecified atom stereocenters. The molecule has 0 radical (unpaired) electrons. The summed E-state index contributed by atoms with van der Waals surface area (Å²) in [6, 6.07) is 11.7. The number of ether oxygens (including phenoxy) is 1. The van der Waals surface area contributed by atoms with Gasteiger partial charge in [0.2, 0.25) is 0 Å². The Morgan fingerprint density at radius 2 is 2.06 bits per heavy atom. The van der Waals surface area contributed by atoms with Crippen molar-refractivity contribution in [2.75, 3.05) is 12.0 Å². The minimum Gasteiger partial charge on any atom is -0.488 e. The van der Waals surface area contributed by atoms with E-state index >= 15 is 0 Å². The molecule has 0 aliphatic heterocycles. The molecule has 2 aromatic rings. The maximum absolute atomic E-state index is 5.76. The van der Waals surface area contributed by atoms with E-state index in [-0.39, 0.29) is 0 Å². The number of rotatable bonds is 4. The zero-order valence-corrected chi connectivity index (χ0v) is 10.4. The van der Waals surface area contributed by atoms with Gasteiger partial charge in [-0.15, -0.1) is 11.8 Å². The molecule has 0 amide bonds. The standard InChI is InChI=1S/C13H14N2OS/c1-17-12-7-3-2-6-11(12)16-9-10-5-4-8-15-13(10)14/h2-8H,9H2,1H3,(H2,14,15). The molecule has 0 aliphatic carbocycles. The van der Waals surface area contributed by atoms with Crippen LogP contribution in [0, 0.1) is 0 Å². The Morgan fingerprint density at radius 3 is 2.82 bits per heavy atom. The lowest BCUT2D eigenvalue weighted by Gasteiger charge is -2.10. The number of pyridine rings is 1. The van der Waals surface area contributed by atoms with Gasteiger partial charge in [0.15, 0.2) is 0 Å². The van der Waals surface area contributed by atoms with Crippen LogP contribution < -0.4 is 10.5 Å². The number of nitrogen functional groups attached to an aromatic ring is 1. The molecule has 4 heteroatoms. The first-order valence-corrected chi connectivity index (χ1v) is 6.49. The third-order valence-corrected chi connectivity index (χ3v) is 3.16. The normalized spacial score (nSPS) is 10.2. The predicted octanol–water partition coefficient (Wildman–Crippen LogP) is 2.96. The molecular weight excluding hydrogens is 232 g/mol. The van der Waals surface area contributed by atoms with Crippen molar-refractivity contribution in [3.05, 3.63) is 48.2 Å². The molecule has 0 saturated heterocycles. The van der Waals surface area contributed by atoms with Crippen molar-refractivity contribution in [1.82, 2.24) is 4.98 Å². The van der Waals surface area contributed by atoms with Crippen molar-refractivity contribution in [1.29, 1.82) is 0 Å².